The normalized spacial score (nSPS) is 12.6. The van der Waals surface area contributed by atoms with Crippen molar-refractivity contribution in [3.63, 3.8) is 0 Å². The molecule has 0 radical (unpaired) electrons. The Labute approximate surface area is 95.0 Å². The largest absolute Gasteiger partial charge is 0.387 e. The molecule has 2 heteroatoms. The summed E-state index contributed by atoms with van der Waals surface area (Å²) in [6.45, 7) is 14.4. The highest BCUT2D eigenvalue weighted by Gasteiger charge is 2.09. The van der Waals surface area contributed by atoms with Gasteiger partial charge < -0.3 is 10.2 Å². The van der Waals surface area contributed by atoms with Crippen molar-refractivity contribution in [2.45, 2.75) is 26.7 Å². The SMILES string of the molecule is C=C(C)CC(CC)C(=C)NCCN(C)C. The summed E-state index contributed by atoms with van der Waals surface area (Å²) >= 11 is 0. The number of nitrogens with zero attached hydrogens (tertiary/aromatic N) is 1. The molecule has 0 heterocycles. The second kappa shape index (κ2) is 7.52. The lowest BCUT2D eigenvalue weighted by Gasteiger charge is -2.20. The molecule has 0 spiro atoms. The predicted octanol–water partition coefficient (Wildman–Crippen LogP) is 2.64. The summed E-state index contributed by atoms with van der Waals surface area (Å²) < 4.78 is 0. The minimum Gasteiger partial charge on any atom is -0.387 e. The first-order chi connectivity index (χ1) is 6.97. The van der Waals surface area contributed by atoms with Crippen LogP contribution in [-0.2, 0) is 0 Å². The summed E-state index contributed by atoms with van der Waals surface area (Å²) in [7, 11) is 4.16. The van der Waals surface area contributed by atoms with Crippen molar-refractivity contribution < 1.29 is 0 Å². The van der Waals surface area contributed by atoms with Crippen molar-refractivity contribution in [1.82, 2.24) is 10.2 Å². The Morgan fingerprint density at radius 3 is 2.33 bits per heavy atom. The zero-order chi connectivity index (χ0) is 11.8. The zero-order valence-corrected chi connectivity index (χ0v) is 10.8. The fourth-order valence-corrected chi connectivity index (χ4v) is 1.52. The molecule has 0 aliphatic carbocycles. The van der Waals surface area contributed by atoms with Gasteiger partial charge in [0.05, 0.1) is 0 Å². The number of nitrogens with one attached hydrogen (secondary N) is 1. The summed E-state index contributed by atoms with van der Waals surface area (Å²) in [5, 5.41) is 3.39. The average molecular weight is 210 g/mol. The highest BCUT2D eigenvalue weighted by atomic mass is 15.1. The van der Waals surface area contributed by atoms with Crippen molar-refractivity contribution in [2.24, 2.45) is 5.92 Å². The van der Waals surface area contributed by atoms with Gasteiger partial charge in [-0.05, 0) is 33.9 Å². The summed E-state index contributed by atoms with van der Waals surface area (Å²) in [6, 6.07) is 0. The van der Waals surface area contributed by atoms with E-state index in [0.29, 0.717) is 5.92 Å². The lowest BCUT2D eigenvalue weighted by atomic mass is 9.95. The van der Waals surface area contributed by atoms with Crippen molar-refractivity contribution in [3.8, 4) is 0 Å². The third-order valence-corrected chi connectivity index (χ3v) is 2.49. The van der Waals surface area contributed by atoms with Crippen LogP contribution in [0.3, 0.4) is 0 Å². The summed E-state index contributed by atoms with van der Waals surface area (Å²) in [5.74, 6) is 0.532. The first-order valence-corrected chi connectivity index (χ1v) is 5.69. The molecule has 2 nitrogen and oxygen atoms in total. The molecule has 15 heavy (non-hydrogen) atoms. The van der Waals surface area contributed by atoms with Crippen molar-refractivity contribution in [1.29, 1.82) is 0 Å². The maximum atomic E-state index is 4.11. The molecule has 0 fully saturated rings. The second-order valence-electron chi connectivity index (χ2n) is 4.52. The summed E-state index contributed by atoms with van der Waals surface area (Å²) in [6.07, 6.45) is 2.17. The fourth-order valence-electron chi connectivity index (χ4n) is 1.52. The van der Waals surface area contributed by atoms with Gasteiger partial charge in [0, 0.05) is 24.7 Å². The van der Waals surface area contributed by atoms with E-state index in [9.17, 15) is 0 Å². The van der Waals surface area contributed by atoms with Gasteiger partial charge in [0.15, 0.2) is 0 Å². The van der Waals surface area contributed by atoms with Gasteiger partial charge in [-0.3, -0.25) is 0 Å². The standard InChI is InChI=1S/C13H26N2/c1-7-13(10-11(2)3)12(4)14-8-9-15(5)6/h13-14H,2,4,7-10H2,1,3,5-6H3. The molecule has 0 saturated carbocycles. The molecule has 0 bridgehead atoms. The van der Waals surface area contributed by atoms with Gasteiger partial charge in [0.1, 0.15) is 0 Å². The van der Waals surface area contributed by atoms with Crippen LogP contribution >= 0.6 is 0 Å². The minimum absolute atomic E-state index is 0.532. The van der Waals surface area contributed by atoms with Gasteiger partial charge in [-0.1, -0.05) is 19.1 Å². The van der Waals surface area contributed by atoms with Crippen LogP contribution < -0.4 is 5.32 Å². The topological polar surface area (TPSA) is 15.3 Å². The molecule has 88 valence electrons. The smallest absolute Gasteiger partial charge is 0.0271 e. The van der Waals surface area contributed by atoms with E-state index in [1.165, 1.54) is 5.57 Å². The summed E-state index contributed by atoms with van der Waals surface area (Å²) in [4.78, 5) is 2.17. The first kappa shape index (κ1) is 14.2. The maximum Gasteiger partial charge on any atom is 0.0271 e. The summed E-state index contributed by atoms with van der Waals surface area (Å²) in [5.41, 5.74) is 2.39. The van der Waals surface area contributed by atoms with Crippen molar-refractivity contribution in [2.75, 3.05) is 27.2 Å². The van der Waals surface area contributed by atoms with Crippen LogP contribution in [0.4, 0.5) is 0 Å². The maximum absolute atomic E-state index is 4.11. The third kappa shape index (κ3) is 7.20. The van der Waals surface area contributed by atoms with Gasteiger partial charge in [0.2, 0.25) is 0 Å². The van der Waals surface area contributed by atoms with Crippen LogP contribution in [-0.4, -0.2) is 32.1 Å². The van der Waals surface area contributed by atoms with Crippen molar-refractivity contribution >= 4 is 0 Å². The molecule has 0 rings (SSSR count). The van der Waals surface area contributed by atoms with Crippen LogP contribution in [0.1, 0.15) is 26.7 Å². The third-order valence-electron chi connectivity index (χ3n) is 2.49. The molecule has 0 aromatic heterocycles. The van der Waals surface area contributed by atoms with E-state index in [2.05, 4.69) is 51.3 Å². The van der Waals surface area contributed by atoms with Crippen molar-refractivity contribution in [3.05, 3.63) is 24.4 Å². The van der Waals surface area contributed by atoms with E-state index in [4.69, 9.17) is 0 Å². The Bertz CT molecular complexity index is 207. The van der Waals surface area contributed by atoms with Crippen LogP contribution in [0.15, 0.2) is 24.4 Å². The van der Waals surface area contributed by atoms with E-state index in [-0.39, 0.29) is 0 Å². The Hall–Kier alpha value is -0.760. The lowest BCUT2D eigenvalue weighted by molar-refractivity contribution is 0.401. The molecule has 1 unspecified atom stereocenters. The van der Waals surface area contributed by atoms with Gasteiger partial charge >= 0.3 is 0 Å². The molecule has 1 N–H and O–H groups in total. The molecule has 0 aromatic carbocycles. The second-order valence-corrected chi connectivity index (χ2v) is 4.52. The molecule has 0 aliphatic rings. The van der Waals surface area contributed by atoms with E-state index in [1.54, 1.807) is 0 Å². The van der Waals surface area contributed by atoms with E-state index >= 15 is 0 Å². The fraction of sp³-hybridized carbons (Fsp3) is 0.692. The molecule has 0 aromatic rings. The Balaban J connectivity index is 3.88. The molecule has 1 atom stereocenters. The Morgan fingerprint density at radius 1 is 1.33 bits per heavy atom. The van der Waals surface area contributed by atoms with Crippen LogP contribution in [0.5, 0.6) is 0 Å². The average Bonchev–Trinajstić information content (AvgIpc) is 2.13. The van der Waals surface area contributed by atoms with Crippen LogP contribution in [0.2, 0.25) is 0 Å². The predicted molar refractivity (Wildman–Crippen MR) is 68.9 cm³/mol. The van der Waals surface area contributed by atoms with Gasteiger partial charge in [0.25, 0.3) is 0 Å². The Morgan fingerprint density at radius 2 is 1.93 bits per heavy atom. The van der Waals surface area contributed by atoms with Gasteiger partial charge in [-0.15, -0.1) is 6.58 Å². The van der Waals surface area contributed by atoms with Crippen LogP contribution in [0.25, 0.3) is 0 Å². The number of likely N-dealkylation sites (N-methyl/N-ethyl adjacent to an activating group) is 1. The number of hydrogen-bond acceptors (Lipinski definition) is 2. The van der Waals surface area contributed by atoms with E-state index in [0.717, 1.165) is 31.6 Å². The monoisotopic (exact) mass is 210 g/mol. The number of rotatable bonds is 8. The Kier molecular flexibility index (Phi) is 7.14. The highest BCUT2D eigenvalue weighted by Crippen LogP contribution is 2.19. The van der Waals surface area contributed by atoms with Gasteiger partial charge in [-0.2, -0.15) is 0 Å². The molecular weight excluding hydrogens is 184 g/mol. The zero-order valence-electron chi connectivity index (χ0n) is 10.8. The van der Waals surface area contributed by atoms with Crippen LogP contribution in [0, 0.1) is 5.92 Å². The molecular formula is C13H26N2. The quantitative estimate of drug-likeness (QED) is 0.620. The molecule has 0 saturated heterocycles. The number of allylic oxidation sites excluding steroid dienone is 2. The highest BCUT2D eigenvalue weighted by molar-refractivity contribution is 5.04. The molecule has 0 aliphatic heterocycles. The number of hydrogen-bond donors (Lipinski definition) is 1. The molecule has 0 amide bonds. The van der Waals surface area contributed by atoms with E-state index < -0.39 is 0 Å². The lowest BCUT2D eigenvalue weighted by Crippen LogP contribution is -2.28. The van der Waals surface area contributed by atoms with Gasteiger partial charge in [-0.25, -0.2) is 0 Å². The van der Waals surface area contributed by atoms with E-state index in [1.807, 2.05) is 0 Å². The first-order valence-electron chi connectivity index (χ1n) is 5.69. The minimum atomic E-state index is 0.532.